The van der Waals surface area contributed by atoms with Crippen LogP contribution in [0.25, 0.3) is 0 Å². The summed E-state index contributed by atoms with van der Waals surface area (Å²) in [7, 11) is 0. The van der Waals surface area contributed by atoms with Crippen LogP contribution in [0.3, 0.4) is 0 Å². The molecular formula is C16H20ClNO2S. The van der Waals surface area contributed by atoms with Gasteiger partial charge >= 0.3 is 0 Å². The monoisotopic (exact) mass is 325 g/mol. The molecule has 2 aromatic rings. The Morgan fingerprint density at radius 1 is 1.19 bits per heavy atom. The predicted octanol–water partition coefficient (Wildman–Crippen LogP) is 3.65. The molecule has 2 rings (SSSR count). The summed E-state index contributed by atoms with van der Waals surface area (Å²) < 4.78 is 5.68. The molecule has 21 heavy (non-hydrogen) atoms. The standard InChI is InChI=1S/C16H19NO2S.ClH/c1-12-6-5-7-15(13(12)2)19-10-14(18)11-20-16-8-3-4-9-17-16;/h3-9,14,18H,10-11H2,1-2H3;1H. The molecule has 1 N–H and O–H groups in total. The van der Waals surface area contributed by atoms with Gasteiger partial charge in [-0.15, -0.1) is 24.2 Å². The van der Waals surface area contributed by atoms with Crippen molar-refractivity contribution in [2.45, 2.75) is 25.0 Å². The zero-order chi connectivity index (χ0) is 14.4. The lowest BCUT2D eigenvalue weighted by Gasteiger charge is -2.14. The first-order valence-electron chi connectivity index (χ1n) is 6.57. The average Bonchev–Trinajstić information content (AvgIpc) is 2.48. The third-order valence-electron chi connectivity index (χ3n) is 3.05. The first-order chi connectivity index (χ1) is 9.66. The molecule has 0 aliphatic rings. The van der Waals surface area contributed by atoms with Crippen molar-refractivity contribution in [1.29, 1.82) is 0 Å². The molecule has 5 heteroatoms. The summed E-state index contributed by atoms with van der Waals surface area (Å²) >= 11 is 1.53. The van der Waals surface area contributed by atoms with E-state index in [-0.39, 0.29) is 12.4 Å². The van der Waals surface area contributed by atoms with Gasteiger partial charge in [0.2, 0.25) is 0 Å². The molecule has 1 heterocycles. The molecule has 0 radical (unpaired) electrons. The van der Waals surface area contributed by atoms with E-state index in [9.17, 15) is 5.11 Å². The van der Waals surface area contributed by atoms with Gasteiger partial charge in [-0.05, 0) is 43.2 Å². The number of pyridine rings is 1. The maximum Gasteiger partial charge on any atom is 0.122 e. The molecule has 1 aromatic carbocycles. The van der Waals surface area contributed by atoms with Gasteiger partial charge in [0.25, 0.3) is 0 Å². The molecule has 1 aromatic heterocycles. The maximum atomic E-state index is 9.96. The van der Waals surface area contributed by atoms with E-state index in [1.807, 2.05) is 37.3 Å². The fraction of sp³-hybridized carbons (Fsp3) is 0.312. The highest BCUT2D eigenvalue weighted by molar-refractivity contribution is 7.99. The number of halogens is 1. The normalized spacial score (nSPS) is 11.6. The van der Waals surface area contributed by atoms with Gasteiger partial charge in [-0.1, -0.05) is 18.2 Å². The van der Waals surface area contributed by atoms with Crippen molar-refractivity contribution < 1.29 is 9.84 Å². The molecule has 0 spiro atoms. The summed E-state index contributed by atoms with van der Waals surface area (Å²) in [5, 5.41) is 10.9. The molecule has 0 amide bonds. The maximum absolute atomic E-state index is 9.96. The molecule has 0 bridgehead atoms. The number of aliphatic hydroxyl groups excluding tert-OH is 1. The van der Waals surface area contributed by atoms with Crippen molar-refractivity contribution >= 4 is 24.2 Å². The number of aliphatic hydroxyl groups is 1. The van der Waals surface area contributed by atoms with E-state index in [0.29, 0.717) is 12.4 Å². The lowest BCUT2D eigenvalue weighted by Crippen LogP contribution is -2.20. The van der Waals surface area contributed by atoms with E-state index < -0.39 is 6.10 Å². The van der Waals surface area contributed by atoms with Crippen molar-refractivity contribution in [3.05, 3.63) is 53.7 Å². The lowest BCUT2D eigenvalue weighted by atomic mass is 10.1. The fourth-order valence-electron chi connectivity index (χ4n) is 1.73. The van der Waals surface area contributed by atoms with E-state index in [0.717, 1.165) is 16.3 Å². The Morgan fingerprint density at radius 3 is 2.71 bits per heavy atom. The van der Waals surface area contributed by atoms with E-state index >= 15 is 0 Å². The van der Waals surface area contributed by atoms with Crippen LogP contribution in [0.5, 0.6) is 5.75 Å². The molecule has 114 valence electrons. The fourth-order valence-corrected chi connectivity index (χ4v) is 2.50. The van der Waals surface area contributed by atoms with Crippen molar-refractivity contribution in [3.8, 4) is 5.75 Å². The van der Waals surface area contributed by atoms with Gasteiger partial charge in [-0.2, -0.15) is 0 Å². The molecule has 0 saturated heterocycles. The molecular weight excluding hydrogens is 306 g/mol. The lowest BCUT2D eigenvalue weighted by molar-refractivity contribution is 0.126. The molecule has 0 fully saturated rings. The minimum atomic E-state index is -0.512. The largest absolute Gasteiger partial charge is 0.491 e. The number of hydrogen-bond donors (Lipinski definition) is 1. The van der Waals surface area contributed by atoms with E-state index in [2.05, 4.69) is 18.0 Å². The number of aromatic nitrogens is 1. The van der Waals surface area contributed by atoms with Crippen LogP contribution < -0.4 is 4.74 Å². The molecule has 0 saturated carbocycles. The van der Waals surface area contributed by atoms with Crippen LogP contribution in [0.2, 0.25) is 0 Å². The van der Waals surface area contributed by atoms with Crippen molar-refractivity contribution in [2.75, 3.05) is 12.4 Å². The predicted molar refractivity (Wildman–Crippen MR) is 89.6 cm³/mol. The summed E-state index contributed by atoms with van der Waals surface area (Å²) in [6.45, 7) is 4.37. The molecule has 0 aliphatic heterocycles. The second-order valence-corrected chi connectivity index (χ2v) is 5.68. The molecule has 1 atom stereocenters. The van der Waals surface area contributed by atoms with Crippen LogP contribution >= 0.6 is 24.2 Å². The zero-order valence-electron chi connectivity index (χ0n) is 12.2. The Morgan fingerprint density at radius 2 is 2.00 bits per heavy atom. The first kappa shape index (κ1) is 17.8. The van der Waals surface area contributed by atoms with E-state index in [4.69, 9.17) is 4.74 Å². The highest BCUT2D eigenvalue weighted by atomic mass is 35.5. The summed E-state index contributed by atoms with van der Waals surface area (Å²) in [6.07, 6.45) is 1.24. The smallest absolute Gasteiger partial charge is 0.122 e. The second kappa shape index (κ2) is 8.93. The highest BCUT2D eigenvalue weighted by Crippen LogP contribution is 2.21. The topological polar surface area (TPSA) is 42.4 Å². The van der Waals surface area contributed by atoms with Crippen LogP contribution in [0.4, 0.5) is 0 Å². The molecule has 0 aliphatic carbocycles. The Bertz CT molecular complexity index is 551. The summed E-state index contributed by atoms with van der Waals surface area (Å²) in [5.74, 6) is 1.41. The summed E-state index contributed by atoms with van der Waals surface area (Å²) in [4.78, 5) is 4.21. The van der Waals surface area contributed by atoms with Gasteiger partial charge in [0.15, 0.2) is 0 Å². The third-order valence-corrected chi connectivity index (χ3v) is 4.14. The van der Waals surface area contributed by atoms with Crippen LogP contribution in [0.1, 0.15) is 11.1 Å². The molecule has 1 unspecified atom stereocenters. The van der Waals surface area contributed by atoms with Gasteiger partial charge in [-0.25, -0.2) is 4.98 Å². The van der Waals surface area contributed by atoms with Gasteiger partial charge in [0, 0.05) is 11.9 Å². The quantitative estimate of drug-likeness (QED) is 0.823. The number of nitrogens with zero attached hydrogens (tertiary/aromatic N) is 1. The van der Waals surface area contributed by atoms with Crippen LogP contribution in [-0.4, -0.2) is 28.6 Å². The zero-order valence-corrected chi connectivity index (χ0v) is 13.8. The van der Waals surface area contributed by atoms with Crippen LogP contribution in [0.15, 0.2) is 47.6 Å². The van der Waals surface area contributed by atoms with Gasteiger partial charge in [0.05, 0.1) is 11.1 Å². The number of thioether (sulfide) groups is 1. The minimum Gasteiger partial charge on any atom is -0.491 e. The van der Waals surface area contributed by atoms with Gasteiger partial charge in [0.1, 0.15) is 12.4 Å². The molecule has 3 nitrogen and oxygen atoms in total. The minimum absolute atomic E-state index is 0. The Kier molecular flexibility index (Phi) is 7.57. The first-order valence-corrected chi connectivity index (χ1v) is 7.56. The number of rotatable bonds is 6. The summed E-state index contributed by atoms with van der Waals surface area (Å²) in [5.41, 5.74) is 2.32. The second-order valence-electron chi connectivity index (χ2n) is 4.64. The van der Waals surface area contributed by atoms with Crippen molar-refractivity contribution in [1.82, 2.24) is 4.98 Å². The van der Waals surface area contributed by atoms with Crippen molar-refractivity contribution in [2.24, 2.45) is 0 Å². The Hall–Kier alpha value is -1.23. The number of benzene rings is 1. The van der Waals surface area contributed by atoms with Crippen LogP contribution in [0, 0.1) is 13.8 Å². The number of aryl methyl sites for hydroxylation is 1. The number of ether oxygens (including phenoxy) is 1. The van der Waals surface area contributed by atoms with Gasteiger partial charge in [-0.3, -0.25) is 0 Å². The Balaban J connectivity index is 0.00000220. The van der Waals surface area contributed by atoms with E-state index in [1.165, 1.54) is 17.3 Å². The summed E-state index contributed by atoms with van der Waals surface area (Å²) in [6, 6.07) is 11.7. The van der Waals surface area contributed by atoms with Crippen molar-refractivity contribution in [3.63, 3.8) is 0 Å². The average molecular weight is 326 g/mol. The highest BCUT2D eigenvalue weighted by Gasteiger charge is 2.08. The Labute approximate surface area is 136 Å². The van der Waals surface area contributed by atoms with Crippen LogP contribution in [-0.2, 0) is 0 Å². The SMILES string of the molecule is Cc1cccc(OCC(O)CSc2ccccn2)c1C.Cl. The van der Waals surface area contributed by atoms with E-state index in [1.54, 1.807) is 6.20 Å². The third kappa shape index (κ3) is 5.58. The number of hydrogen-bond acceptors (Lipinski definition) is 4. The van der Waals surface area contributed by atoms with Gasteiger partial charge < -0.3 is 9.84 Å².